The van der Waals surface area contributed by atoms with Crippen LogP contribution in [-0.4, -0.2) is 50.0 Å². The van der Waals surface area contributed by atoms with Gasteiger partial charge in [-0.25, -0.2) is 9.48 Å². The van der Waals surface area contributed by atoms with Crippen LogP contribution in [0.15, 0.2) is 6.20 Å². The van der Waals surface area contributed by atoms with E-state index in [1.165, 1.54) is 10.9 Å². The third-order valence-corrected chi connectivity index (χ3v) is 3.73. The lowest BCUT2D eigenvalue weighted by molar-refractivity contribution is -0.144. The summed E-state index contributed by atoms with van der Waals surface area (Å²) in [6, 6.07) is 0.0645. The summed E-state index contributed by atoms with van der Waals surface area (Å²) < 4.78 is 1.54. The van der Waals surface area contributed by atoms with Crippen LogP contribution in [0.1, 0.15) is 35.8 Å². The van der Waals surface area contributed by atoms with E-state index in [0.29, 0.717) is 13.1 Å². The topological polar surface area (TPSA) is 88.3 Å². The van der Waals surface area contributed by atoms with E-state index < -0.39 is 5.97 Å². The highest BCUT2D eigenvalue weighted by Gasteiger charge is 2.37. The molecule has 1 aromatic rings. The Kier molecular flexibility index (Phi) is 2.53. The molecule has 7 nitrogen and oxygen atoms in total. The molecule has 1 aliphatic carbocycles. The maximum Gasteiger partial charge on any atom is 0.358 e. The number of aromatic carboxylic acids is 1. The van der Waals surface area contributed by atoms with E-state index in [4.69, 9.17) is 5.11 Å². The second kappa shape index (κ2) is 4.08. The molecular formula is C11H14N4O3. The summed E-state index contributed by atoms with van der Waals surface area (Å²) in [5.41, 5.74) is -0.0567. The van der Waals surface area contributed by atoms with E-state index in [0.717, 1.165) is 19.3 Å². The highest BCUT2D eigenvalue weighted by molar-refractivity contribution is 5.84. The molecule has 1 amide bonds. The van der Waals surface area contributed by atoms with Gasteiger partial charge in [-0.1, -0.05) is 11.6 Å². The predicted molar refractivity (Wildman–Crippen MR) is 59.9 cm³/mol. The molecule has 1 aromatic heterocycles. The minimum atomic E-state index is -1.08. The Morgan fingerprint density at radius 3 is 2.56 bits per heavy atom. The molecule has 3 rings (SSSR count). The second-order valence-electron chi connectivity index (χ2n) is 4.91. The molecule has 2 fully saturated rings. The fraction of sp³-hybridized carbons (Fsp3) is 0.636. The molecule has 1 saturated heterocycles. The number of carboxylic acids is 1. The molecule has 1 N–H and O–H groups in total. The van der Waals surface area contributed by atoms with E-state index in [2.05, 4.69) is 10.3 Å². The number of amides is 1. The Hall–Kier alpha value is -1.92. The number of hydrogen-bond donors (Lipinski definition) is 1. The van der Waals surface area contributed by atoms with Crippen molar-refractivity contribution in [3.63, 3.8) is 0 Å². The third kappa shape index (κ3) is 1.75. The zero-order valence-electron chi connectivity index (χ0n) is 9.82. The number of carbonyl (C=O) groups is 2. The molecule has 1 aliphatic heterocycles. The molecule has 0 radical (unpaired) electrons. The summed E-state index contributed by atoms with van der Waals surface area (Å²) in [5.74, 6) is -0.629. The molecule has 0 atom stereocenters. The summed E-state index contributed by atoms with van der Waals surface area (Å²) >= 11 is 0. The van der Waals surface area contributed by atoms with Gasteiger partial charge in [0.2, 0.25) is 5.91 Å². The molecule has 0 spiro atoms. The summed E-state index contributed by atoms with van der Waals surface area (Å²) in [5, 5.41) is 16.1. The van der Waals surface area contributed by atoms with Crippen LogP contribution in [0, 0.1) is 5.92 Å². The molecule has 0 unspecified atom stereocenters. The van der Waals surface area contributed by atoms with Crippen molar-refractivity contribution in [1.29, 1.82) is 0 Å². The van der Waals surface area contributed by atoms with Crippen molar-refractivity contribution in [3.8, 4) is 0 Å². The van der Waals surface area contributed by atoms with E-state index in [9.17, 15) is 9.59 Å². The van der Waals surface area contributed by atoms with Crippen LogP contribution < -0.4 is 0 Å². The largest absolute Gasteiger partial charge is 0.476 e. The van der Waals surface area contributed by atoms with Crippen molar-refractivity contribution < 1.29 is 14.7 Å². The average molecular weight is 250 g/mol. The average Bonchev–Trinajstić information content (AvgIpc) is 2.61. The van der Waals surface area contributed by atoms with Gasteiger partial charge in [-0.15, -0.1) is 5.10 Å². The van der Waals surface area contributed by atoms with Crippen LogP contribution in [0.5, 0.6) is 0 Å². The van der Waals surface area contributed by atoms with Gasteiger partial charge in [0, 0.05) is 19.0 Å². The van der Waals surface area contributed by atoms with Crippen LogP contribution in [0.4, 0.5) is 0 Å². The van der Waals surface area contributed by atoms with Crippen molar-refractivity contribution in [3.05, 3.63) is 11.9 Å². The lowest BCUT2D eigenvalue weighted by atomic mass is 9.83. The number of hydrogen-bond acceptors (Lipinski definition) is 4. The van der Waals surface area contributed by atoms with Gasteiger partial charge in [-0.05, 0) is 12.8 Å². The second-order valence-corrected chi connectivity index (χ2v) is 4.91. The fourth-order valence-electron chi connectivity index (χ4n) is 2.27. The third-order valence-electron chi connectivity index (χ3n) is 3.73. The van der Waals surface area contributed by atoms with Crippen LogP contribution in [0.25, 0.3) is 0 Å². The maximum absolute atomic E-state index is 11.9. The van der Waals surface area contributed by atoms with Gasteiger partial charge in [-0.3, -0.25) is 4.79 Å². The Balaban J connectivity index is 1.57. The SMILES string of the molecule is O=C(O)c1cn(C2CN(C(=O)C3CCC3)C2)nn1. The number of carboxylic acid groups (broad SMARTS) is 1. The Labute approximate surface area is 103 Å². The van der Waals surface area contributed by atoms with E-state index in [1.54, 1.807) is 0 Å². The Morgan fingerprint density at radius 2 is 2.06 bits per heavy atom. The summed E-state index contributed by atoms with van der Waals surface area (Å²) in [6.45, 7) is 1.22. The van der Waals surface area contributed by atoms with Crippen LogP contribution in [0.3, 0.4) is 0 Å². The standard InChI is InChI=1S/C11H14N4O3/c16-10(7-2-1-3-7)14-4-8(5-14)15-6-9(11(17)18)12-13-15/h6-8H,1-5H2,(H,17,18). The highest BCUT2D eigenvalue weighted by atomic mass is 16.4. The first-order valence-corrected chi connectivity index (χ1v) is 6.09. The number of carbonyl (C=O) groups excluding carboxylic acids is 1. The molecule has 2 heterocycles. The van der Waals surface area contributed by atoms with Crippen LogP contribution >= 0.6 is 0 Å². The van der Waals surface area contributed by atoms with Gasteiger partial charge in [0.15, 0.2) is 5.69 Å². The van der Waals surface area contributed by atoms with Crippen molar-refractivity contribution in [2.24, 2.45) is 5.92 Å². The molecular weight excluding hydrogens is 236 g/mol. The number of rotatable bonds is 3. The normalized spacial score (nSPS) is 20.3. The highest BCUT2D eigenvalue weighted by Crippen LogP contribution is 2.31. The van der Waals surface area contributed by atoms with Crippen LogP contribution in [-0.2, 0) is 4.79 Å². The molecule has 2 aliphatic rings. The fourth-order valence-corrected chi connectivity index (χ4v) is 2.27. The first-order chi connectivity index (χ1) is 8.65. The summed E-state index contributed by atoms with van der Waals surface area (Å²) in [7, 11) is 0. The van der Waals surface area contributed by atoms with Crippen LogP contribution in [0.2, 0.25) is 0 Å². The Morgan fingerprint density at radius 1 is 1.33 bits per heavy atom. The number of likely N-dealkylation sites (tertiary alicyclic amines) is 1. The number of nitrogens with zero attached hydrogens (tertiary/aromatic N) is 4. The monoisotopic (exact) mass is 250 g/mol. The smallest absolute Gasteiger partial charge is 0.358 e. The predicted octanol–water partition coefficient (Wildman–Crippen LogP) is 0.160. The van der Waals surface area contributed by atoms with Gasteiger partial charge >= 0.3 is 5.97 Å². The minimum Gasteiger partial charge on any atom is -0.476 e. The molecule has 7 heteroatoms. The van der Waals surface area contributed by atoms with Gasteiger partial charge in [0.25, 0.3) is 0 Å². The minimum absolute atomic E-state index is 0.0567. The van der Waals surface area contributed by atoms with Gasteiger partial charge in [0.1, 0.15) is 0 Å². The van der Waals surface area contributed by atoms with E-state index in [1.807, 2.05) is 4.90 Å². The van der Waals surface area contributed by atoms with Gasteiger partial charge in [0.05, 0.1) is 12.2 Å². The first kappa shape index (κ1) is 11.2. The lowest BCUT2D eigenvalue weighted by Gasteiger charge is -2.42. The molecule has 96 valence electrons. The molecule has 18 heavy (non-hydrogen) atoms. The van der Waals surface area contributed by atoms with Crippen molar-refractivity contribution >= 4 is 11.9 Å². The quantitative estimate of drug-likeness (QED) is 0.825. The first-order valence-electron chi connectivity index (χ1n) is 6.09. The van der Waals surface area contributed by atoms with Crippen molar-refractivity contribution in [1.82, 2.24) is 19.9 Å². The maximum atomic E-state index is 11.9. The zero-order valence-corrected chi connectivity index (χ0v) is 9.82. The summed E-state index contributed by atoms with van der Waals surface area (Å²) in [6.07, 6.45) is 4.58. The van der Waals surface area contributed by atoms with E-state index >= 15 is 0 Å². The zero-order chi connectivity index (χ0) is 12.7. The van der Waals surface area contributed by atoms with Crippen molar-refractivity contribution in [2.75, 3.05) is 13.1 Å². The lowest BCUT2D eigenvalue weighted by Crippen LogP contribution is -2.53. The van der Waals surface area contributed by atoms with Crippen molar-refractivity contribution in [2.45, 2.75) is 25.3 Å². The summed E-state index contributed by atoms with van der Waals surface area (Å²) in [4.78, 5) is 24.4. The molecule has 0 aromatic carbocycles. The van der Waals surface area contributed by atoms with Gasteiger partial charge < -0.3 is 10.0 Å². The Bertz CT molecular complexity index is 488. The molecule has 1 saturated carbocycles. The van der Waals surface area contributed by atoms with E-state index in [-0.39, 0.29) is 23.6 Å². The van der Waals surface area contributed by atoms with Gasteiger partial charge in [-0.2, -0.15) is 0 Å². The number of aromatic nitrogens is 3. The molecule has 0 bridgehead atoms.